The lowest BCUT2D eigenvalue weighted by Gasteiger charge is -2.36. The summed E-state index contributed by atoms with van der Waals surface area (Å²) in [6.07, 6.45) is 7.32. The molecular formula is C12H13NO4S. The van der Waals surface area contributed by atoms with Crippen molar-refractivity contribution in [3.63, 3.8) is 0 Å². The van der Waals surface area contributed by atoms with Gasteiger partial charge >= 0.3 is 5.97 Å². The molecule has 6 heteroatoms. The third-order valence-electron chi connectivity index (χ3n) is 3.12. The first kappa shape index (κ1) is 12.9. The van der Waals surface area contributed by atoms with Crippen molar-refractivity contribution in [2.75, 3.05) is 0 Å². The molecule has 2 fully saturated rings. The van der Waals surface area contributed by atoms with Crippen molar-refractivity contribution in [2.24, 2.45) is 0 Å². The molecule has 0 radical (unpaired) electrons. The summed E-state index contributed by atoms with van der Waals surface area (Å²) < 4.78 is -0.657. The molecule has 0 bridgehead atoms. The Labute approximate surface area is 109 Å². The average molecular weight is 267 g/mol. The van der Waals surface area contributed by atoms with E-state index in [4.69, 9.17) is 0 Å². The largest absolute Gasteiger partial charge is 0.480 e. The molecule has 2 heterocycles. The Bertz CT molecular complexity index is 459. The molecule has 0 aliphatic carbocycles. The molecule has 2 aliphatic rings. The molecule has 0 saturated carbocycles. The highest BCUT2D eigenvalue weighted by Gasteiger charge is 2.59. The van der Waals surface area contributed by atoms with Crippen molar-refractivity contribution in [1.29, 1.82) is 0 Å². The number of allylic oxidation sites excluding steroid dienone is 3. The van der Waals surface area contributed by atoms with E-state index in [1.54, 1.807) is 25.2 Å². The highest BCUT2D eigenvalue weighted by Crippen LogP contribution is 2.51. The summed E-state index contributed by atoms with van der Waals surface area (Å²) >= 11 is 1.48. The van der Waals surface area contributed by atoms with Crippen molar-refractivity contribution in [3.05, 3.63) is 24.3 Å². The summed E-state index contributed by atoms with van der Waals surface area (Å²) in [5.74, 6) is -1.11. The van der Waals surface area contributed by atoms with Crippen LogP contribution in [0, 0.1) is 0 Å². The summed E-state index contributed by atoms with van der Waals surface area (Å²) in [5.41, 5.74) is 0. The summed E-state index contributed by atoms with van der Waals surface area (Å²) in [7, 11) is 0. The van der Waals surface area contributed by atoms with Gasteiger partial charge in [-0.15, -0.1) is 11.8 Å². The molecule has 5 nitrogen and oxygen atoms in total. The van der Waals surface area contributed by atoms with Crippen LogP contribution in [-0.2, 0) is 14.4 Å². The smallest absolute Gasteiger partial charge is 0.328 e. The Kier molecular flexibility index (Phi) is 3.30. The number of carbonyl (C=O) groups is 3. The Morgan fingerprint density at radius 3 is 2.78 bits per heavy atom. The van der Waals surface area contributed by atoms with Gasteiger partial charge in [0, 0.05) is 0 Å². The quantitative estimate of drug-likeness (QED) is 0.353. The number of hydrogen-bond acceptors (Lipinski definition) is 4. The Morgan fingerprint density at radius 1 is 1.50 bits per heavy atom. The summed E-state index contributed by atoms with van der Waals surface area (Å²) in [6.45, 7) is 1.80. The van der Waals surface area contributed by atoms with Crippen molar-refractivity contribution >= 4 is 29.9 Å². The molecule has 2 aliphatic heterocycles. The van der Waals surface area contributed by atoms with Gasteiger partial charge in [-0.2, -0.15) is 0 Å². The van der Waals surface area contributed by atoms with Crippen molar-refractivity contribution in [2.45, 2.75) is 29.5 Å². The highest BCUT2D eigenvalue weighted by atomic mass is 32.2. The maximum atomic E-state index is 11.5. The number of amides is 1. The number of hydrogen-bond donors (Lipinski definition) is 1. The zero-order valence-corrected chi connectivity index (χ0v) is 10.6. The first-order valence-electron chi connectivity index (χ1n) is 5.51. The van der Waals surface area contributed by atoms with Crippen LogP contribution in [0.5, 0.6) is 0 Å². The van der Waals surface area contributed by atoms with Crippen LogP contribution in [0.15, 0.2) is 24.3 Å². The fourth-order valence-corrected chi connectivity index (χ4v) is 3.96. The van der Waals surface area contributed by atoms with Crippen molar-refractivity contribution < 1.29 is 19.5 Å². The number of aliphatic carboxylic acids is 1. The van der Waals surface area contributed by atoms with Crippen LogP contribution in [0.4, 0.5) is 0 Å². The second kappa shape index (κ2) is 4.61. The van der Waals surface area contributed by atoms with E-state index in [0.29, 0.717) is 12.7 Å². The van der Waals surface area contributed by atoms with Crippen LogP contribution in [0.3, 0.4) is 0 Å². The van der Waals surface area contributed by atoms with E-state index in [1.807, 2.05) is 0 Å². The summed E-state index contributed by atoms with van der Waals surface area (Å²) in [5, 5.41) is 9.24. The maximum Gasteiger partial charge on any atom is 0.328 e. The molecule has 1 N–H and O–H groups in total. The number of carboxylic acid groups (broad SMARTS) is 1. The van der Waals surface area contributed by atoms with Gasteiger partial charge in [0.2, 0.25) is 5.91 Å². The van der Waals surface area contributed by atoms with Crippen LogP contribution < -0.4 is 0 Å². The van der Waals surface area contributed by atoms with E-state index in [1.165, 1.54) is 22.7 Å². The molecule has 2 rings (SSSR count). The highest BCUT2D eigenvalue weighted by molar-refractivity contribution is 8.01. The average Bonchev–Trinajstić information content (AvgIpc) is 2.54. The number of carbonyl (C=O) groups excluding carboxylic acids is 2. The fraction of sp³-hybridized carbons (Fsp3) is 0.417. The normalized spacial score (nSPS) is 34.9. The van der Waals surface area contributed by atoms with E-state index in [9.17, 15) is 19.5 Å². The van der Waals surface area contributed by atoms with Gasteiger partial charge in [-0.25, -0.2) is 4.79 Å². The standard InChI is InChI=1S/C12H13NO4S/c1-12(5-3-2-4-6-14)10(11(16)17)13-8(15)7-9(13)18-12/h2-6,9-10H,7H2,1H3,(H,16,17)/t9-,10+,12+/m1/s1. The van der Waals surface area contributed by atoms with E-state index >= 15 is 0 Å². The zero-order valence-electron chi connectivity index (χ0n) is 9.78. The minimum atomic E-state index is -0.996. The van der Waals surface area contributed by atoms with Gasteiger partial charge in [0.05, 0.1) is 16.5 Å². The van der Waals surface area contributed by atoms with Crippen LogP contribution >= 0.6 is 11.8 Å². The molecule has 0 aromatic heterocycles. The molecule has 96 valence electrons. The number of rotatable bonds is 4. The van der Waals surface area contributed by atoms with Crippen molar-refractivity contribution in [3.8, 4) is 0 Å². The second-order valence-corrected chi connectivity index (χ2v) is 6.04. The SMILES string of the molecule is C[C@@]1(C=CC=CC=O)S[C@@H]2CC(=O)N2[C@H]1C(=O)O. The van der Waals surface area contributed by atoms with Crippen LogP contribution in [0.1, 0.15) is 13.3 Å². The first-order valence-corrected chi connectivity index (χ1v) is 6.39. The molecule has 3 atom stereocenters. The van der Waals surface area contributed by atoms with Gasteiger partial charge < -0.3 is 10.0 Å². The lowest BCUT2D eigenvalue weighted by molar-refractivity contribution is -0.156. The van der Waals surface area contributed by atoms with Crippen molar-refractivity contribution in [1.82, 2.24) is 4.90 Å². The molecule has 18 heavy (non-hydrogen) atoms. The van der Waals surface area contributed by atoms with E-state index in [0.717, 1.165) is 0 Å². The lowest BCUT2D eigenvalue weighted by atomic mass is 9.96. The van der Waals surface area contributed by atoms with Gasteiger partial charge in [-0.05, 0) is 13.0 Å². The van der Waals surface area contributed by atoms with Gasteiger partial charge in [-0.3, -0.25) is 9.59 Å². The van der Waals surface area contributed by atoms with Crippen LogP contribution in [-0.4, -0.2) is 44.3 Å². The monoisotopic (exact) mass is 267 g/mol. The third-order valence-corrected chi connectivity index (χ3v) is 4.65. The summed E-state index contributed by atoms with van der Waals surface area (Å²) in [6, 6.07) is -0.838. The molecule has 0 spiro atoms. The Hall–Kier alpha value is -1.56. The van der Waals surface area contributed by atoms with E-state index in [2.05, 4.69) is 0 Å². The van der Waals surface area contributed by atoms with Gasteiger partial charge in [0.25, 0.3) is 0 Å². The molecule has 2 saturated heterocycles. The van der Waals surface area contributed by atoms with Crippen LogP contribution in [0.2, 0.25) is 0 Å². The Morgan fingerprint density at radius 2 is 2.22 bits per heavy atom. The van der Waals surface area contributed by atoms with Crippen LogP contribution in [0.25, 0.3) is 0 Å². The minimum absolute atomic E-state index is 0.0386. The molecule has 0 unspecified atom stereocenters. The number of β-lactam (4-membered cyclic amide) rings is 1. The molecule has 1 amide bonds. The predicted molar refractivity (Wildman–Crippen MR) is 67.0 cm³/mol. The number of carboxylic acids is 1. The molecular weight excluding hydrogens is 254 g/mol. The zero-order chi connectivity index (χ0) is 13.3. The van der Waals surface area contributed by atoms with Gasteiger partial charge in [-0.1, -0.05) is 18.2 Å². The number of nitrogens with zero attached hydrogens (tertiary/aromatic N) is 1. The molecule has 0 aromatic carbocycles. The maximum absolute atomic E-state index is 11.5. The summed E-state index contributed by atoms with van der Waals surface area (Å²) in [4.78, 5) is 34.4. The second-order valence-electron chi connectivity index (χ2n) is 4.38. The lowest BCUT2D eigenvalue weighted by Crippen LogP contribution is -2.57. The number of aldehydes is 1. The van der Waals surface area contributed by atoms with E-state index in [-0.39, 0.29) is 11.3 Å². The number of thioether (sulfide) groups is 1. The van der Waals surface area contributed by atoms with Gasteiger partial charge in [0.15, 0.2) is 0 Å². The minimum Gasteiger partial charge on any atom is -0.480 e. The van der Waals surface area contributed by atoms with E-state index < -0.39 is 16.8 Å². The third kappa shape index (κ3) is 1.96. The topological polar surface area (TPSA) is 74.7 Å². The predicted octanol–water partition coefficient (Wildman–Crippen LogP) is 0.815. The fourth-order valence-electron chi connectivity index (χ4n) is 2.29. The molecule has 0 aromatic rings. The number of fused-ring (bicyclic) bond motifs is 1. The first-order chi connectivity index (χ1) is 8.49. The Balaban J connectivity index is 2.22. The van der Waals surface area contributed by atoms with Gasteiger partial charge in [0.1, 0.15) is 12.3 Å².